The molecule has 212 valence electrons. The minimum Gasteiger partial charge on any atom is -0.493 e. The first-order valence-corrected chi connectivity index (χ1v) is 13.2. The van der Waals surface area contributed by atoms with E-state index >= 15 is 0 Å². The van der Waals surface area contributed by atoms with Crippen LogP contribution in [0.4, 0.5) is 26.3 Å². The fourth-order valence-corrected chi connectivity index (χ4v) is 4.38. The third-order valence-corrected chi connectivity index (χ3v) is 6.13. The van der Waals surface area contributed by atoms with Crippen molar-refractivity contribution in [2.45, 2.75) is 53.9 Å². The Labute approximate surface area is 239 Å². The van der Waals surface area contributed by atoms with Gasteiger partial charge in [-0.05, 0) is 38.5 Å². The van der Waals surface area contributed by atoms with Crippen molar-refractivity contribution in [1.29, 1.82) is 0 Å². The molecule has 0 aliphatic rings. The molecule has 4 nitrogen and oxygen atoms in total. The topological polar surface area (TPSA) is 44.8 Å². The summed E-state index contributed by atoms with van der Waals surface area (Å²) in [6.07, 6.45) is -10.3. The number of halogens is 6. The van der Waals surface area contributed by atoms with Gasteiger partial charge in [-0.15, -0.1) is 0 Å². The molecule has 2 aromatic rings. The molecule has 0 bridgehead atoms. The Morgan fingerprint density at radius 1 is 0.744 bits per heavy atom. The van der Waals surface area contributed by atoms with E-state index in [-0.39, 0.29) is 66.6 Å². The summed E-state index contributed by atoms with van der Waals surface area (Å²) in [7, 11) is -1.14. The van der Waals surface area contributed by atoms with Gasteiger partial charge in [0.1, 0.15) is 17.2 Å². The first kappa shape index (κ1) is 35.1. The maximum absolute atomic E-state index is 13.7. The molecule has 0 N–H and O–H groups in total. The van der Waals surface area contributed by atoms with Crippen molar-refractivity contribution in [3.8, 4) is 17.2 Å². The zero-order valence-electron chi connectivity index (χ0n) is 23.1. The van der Waals surface area contributed by atoms with Crippen LogP contribution in [0.1, 0.15) is 63.0 Å². The van der Waals surface area contributed by atoms with Gasteiger partial charge in [-0.25, -0.2) is 0 Å². The SMILES string of the molecule is CC(C)COc1cc(OCC(C)C)c(PC(=O)c2c(C(F)(F)F)cccc2C(F)(F)F)c(OCC(C)C)c1.[Li+]. The van der Waals surface area contributed by atoms with Crippen molar-refractivity contribution in [2.24, 2.45) is 17.8 Å². The molecule has 0 aliphatic heterocycles. The quantitative estimate of drug-likeness (QED) is 0.204. The molecule has 0 aliphatic carbocycles. The molecule has 2 aromatic carbocycles. The van der Waals surface area contributed by atoms with Crippen LogP contribution in [0, 0.1) is 17.8 Å². The van der Waals surface area contributed by atoms with Crippen LogP contribution in [0.15, 0.2) is 30.3 Å². The Bertz CT molecular complexity index is 1040. The van der Waals surface area contributed by atoms with Gasteiger partial charge in [-0.1, -0.05) is 47.6 Å². The van der Waals surface area contributed by atoms with Crippen molar-refractivity contribution in [1.82, 2.24) is 0 Å². The molecule has 39 heavy (non-hydrogen) atoms. The van der Waals surface area contributed by atoms with Crippen molar-refractivity contribution < 1.29 is 64.2 Å². The molecule has 0 spiro atoms. The second-order valence-corrected chi connectivity index (χ2v) is 11.3. The van der Waals surface area contributed by atoms with Crippen molar-refractivity contribution in [3.05, 3.63) is 47.0 Å². The van der Waals surface area contributed by atoms with E-state index in [0.717, 1.165) is 0 Å². The first-order chi connectivity index (χ1) is 17.5. The second-order valence-electron chi connectivity index (χ2n) is 10.1. The van der Waals surface area contributed by atoms with Crippen molar-refractivity contribution in [3.63, 3.8) is 0 Å². The number of carbonyl (C=O) groups excluding carboxylic acids is 1. The van der Waals surface area contributed by atoms with Gasteiger partial charge in [0.2, 0.25) is 0 Å². The van der Waals surface area contributed by atoms with Crippen molar-refractivity contribution >= 4 is 19.4 Å². The monoisotopic (exact) mass is 573 g/mol. The third kappa shape index (κ3) is 10.6. The van der Waals surface area contributed by atoms with Gasteiger partial charge in [-0.3, -0.25) is 4.79 Å². The van der Waals surface area contributed by atoms with E-state index < -0.39 is 43.1 Å². The fourth-order valence-electron chi connectivity index (χ4n) is 3.22. The van der Waals surface area contributed by atoms with E-state index in [1.54, 1.807) is 0 Å². The third-order valence-electron chi connectivity index (χ3n) is 4.91. The van der Waals surface area contributed by atoms with E-state index in [4.69, 9.17) is 14.2 Å². The summed E-state index contributed by atoms with van der Waals surface area (Å²) in [5, 5.41) is 0.0818. The van der Waals surface area contributed by atoms with Gasteiger partial charge >= 0.3 is 31.2 Å². The number of alkyl halides is 6. The maximum atomic E-state index is 13.7. The van der Waals surface area contributed by atoms with Crippen LogP contribution >= 0.6 is 8.58 Å². The summed E-state index contributed by atoms with van der Waals surface area (Å²) in [4.78, 5) is 13.3. The van der Waals surface area contributed by atoms with E-state index in [9.17, 15) is 31.1 Å². The molecular formula is C27H33F6LiO4P+. The largest absolute Gasteiger partial charge is 1.00 e. The minimum absolute atomic E-state index is 0. The maximum Gasteiger partial charge on any atom is 1.00 e. The average Bonchev–Trinajstić information content (AvgIpc) is 2.79. The molecule has 0 saturated heterocycles. The Hall–Kier alpha value is -1.88. The van der Waals surface area contributed by atoms with Gasteiger partial charge in [0.25, 0.3) is 0 Å². The molecule has 0 amide bonds. The minimum atomic E-state index is -5.17. The summed E-state index contributed by atoms with van der Waals surface area (Å²) in [5.74, 6) is 0.850. The van der Waals surface area contributed by atoms with Crippen LogP contribution in [-0.2, 0) is 12.4 Å². The molecule has 1 unspecified atom stereocenters. The summed E-state index contributed by atoms with van der Waals surface area (Å²) in [6, 6.07) is 4.57. The van der Waals surface area contributed by atoms with Crippen LogP contribution in [0.5, 0.6) is 17.2 Å². The standard InChI is InChI=1S/C27H33F6O4P.Li/c1-15(2)12-35-18-10-21(36-13-16(3)4)24(22(11-18)37-14-17(5)6)38-25(34)23-19(26(28,29)30)8-7-9-20(23)27(31,32)33;/h7-11,15-17,38H,12-14H2,1-6H3;/q;+1. The molecule has 0 fully saturated rings. The number of hydrogen-bond acceptors (Lipinski definition) is 4. The average molecular weight is 573 g/mol. The molecule has 2 rings (SSSR count). The summed E-state index contributed by atoms with van der Waals surface area (Å²) < 4.78 is 99.8. The number of ether oxygens (including phenoxy) is 3. The zero-order chi connectivity index (χ0) is 28.8. The second kappa shape index (κ2) is 14.7. The first-order valence-electron chi connectivity index (χ1n) is 12.2. The predicted octanol–water partition coefficient (Wildman–Crippen LogP) is 4.98. The summed E-state index contributed by atoms with van der Waals surface area (Å²) in [5.41, 5.74) is -6.03. The summed E-state index contributed by atoms with van der Waals surface area (Å²) in [6.45, 7) is 12.1. The molecule has 0 aromatic heterocycles. The molecule has 1 atom stereocenters. The van der Waals surface area contributed by atoms with Gasteiger partial charge in [-0.2, -0.15) is 26.3 Å². The number of benzene rings is 2. The zero-order valence-corrected chi connectivity index (χ0v) is 24.1. The molecule has 0 saturated carbocycles. The predicted molar refractivity (Wildman–Crippen MR) is 136 cm³/mol. The molecule has 0 heterocycles. The van der Waals surface area contributed by atoms with E-state index in [2.05, 4.69) is 0 Å². The van der Waals surface area contributed by atoms with Crippen LogP contribution in [-0.4, -0.2) is 25.3 Å². The number of rotatable bonds is 12. The summed E-state index contributed by atoms with van der Waals surface area (Å²) >= 11 is 0. The van der Waals surface area contributed by atoms with Gasteiger partial charge in [0, 0.05) is 17.7 Å². The Morgan fingerprint density at radius 3 is 1.49 bits per heavy atom. The van der Waals surface area contributed by atoms with Crippen LogP contribution in [0.3, 0.4) is 0 Å². The molecule has 0 radical (unpaired) electrons. The number of carbonyl (C=O) groups is 1. The fraction of sp³-hybridized carbons (Fsp3) is 0.519. The van der Waals surface area contributed by atoms with Crippen LogP contribution in [0.25, 0.3) is 0 Å². The van der Waals surface area contributed by atoms with Crippen molar-refractivity contribution in [2.75, 3.05) is 19.8 Å². The van der Waals surface area contributed by atoms with Gasteiger partial charge in [0.05, 0.1) is 36.3 Å². The van der Waals surface area contributed by atoms with Gasteiger partial charge in [0.15, 0.2) is 5.52 Å². The van der Waals surface area contributed by atoms with E-state index in [0.29, 0.717) is 30.6 Å². The molecular weight excluding hydrogens is 540 g/mol. The van der Waals surface area contributed by atoms with Crippen LogP contribution < -0.4 is 38.4 Å². The van der Waals surface area contributed by atoms with Crippen LogP contribution in [0.2, 0.25) is 0 Å². The van der Waals surface area contributed by atoms with E-state index in [1.807, 2.05) is 41.5 Å². The Kier molecular flexibility index (Phi) is 13.2. The van der Waals surface area contributed by atoms with E-state index in [1.165, 1.54) is 12.1 Å². The number of hydrogen-bond donors (Lipinski definition) is 0. The Balaban J connectivity index is 0.00000760. The van der Waals surface area contributed by atoms with Gasteiger partial charge < -0.3 is 14.2 Å². The Morgan fingerprint density at radius 2 is 1.13 bits per heavy atom. The normalized spacial score (nSPS) is 12.4. The molecule has 12 heteroatoms. The smallest absolute Gasteiger partial charge is 0.493 e.